The Morgan fingerprint density at radius 2 is 1.61 bits per heavy atom. The van der Waals surface area contributed by atoms with Gasteiger partial charge in [-0.3, -0.25) is 4.79 Å². The third-order valence-electron chi connectivity index (χ3n) is 6.69. The van der Waals surface area contributed by atoms with Crippen LogP contribution in [0.4, 0.5) is 4.79 Å². The number of benzene rings is 2. The molecule has 2 aromatic carbocycles. The molecule has 1 saturated heterocycles. The molecular weight excluding hydrogens is 476 g/mol. The molecule has 0 aromatic heterocycles. The standard InChI is InChI=1S/C29H39ClN2O4/c1-6-26(22-11-13-24(30)14-12-22)31-27(33)23-9-7-20(8-10-23)25(19-35-5)21-15-17-32(18-16-21)28(34)36-29(2,3)4/h7-14,21,25-26H,6,15-19H2,1-5H3,(H,31,33)/t25?,26-/m1/s1. The van der Waals surface area contributed by atoms with E-state index in [1.165, 1.54) is 0 Å². The summed E-state index contributed by atoms with van der Waals surface area (Å²) in [4.78, 5) is 27.2. The monoisotopic (exact) mass is 514 g/mol. The molecule has 1 aliphatic rings. The van der Waals surface area contributed by atoms with Crippen LogP contribution in [0.3, 0.4) is 0 Å². The highest BCUT2D eigenvalue weighted by Crippen LogP contribution is 2.34. The van der Waals surface area contributed by atoms with Gasteiger partial charge < -0.3 is 19.7 Å². The Labute approximate surface area is 220 Å². The number of carbonyl (C=O) groups excluding carboxylic acids is 2. The Kier molecular flexibility index (Phi) is 9.80. The fraction of sp³-hybridized carbons (Fsp3) is 0.517. The molecule has 2 amide bonds. The summed E-state index contributed by atoms with van der Waals surface area (Å²) in [6, 6.07) is 15.3. The zero-order chi connectivity index (χ0) is 26.3. The maximum atomic E-state index is 13.0. The van der Waals surface area contributed by atoms with Crippen LogP contribution in [0.25, 0.3) is 0 Å². The SMILES string of the molecule is CC[C@@H](NC(=O)c1ccc(C(COC)C2CCN(C(=O)OC(C)(C)C)CC2)cc1)c1ccc(Cl)cc1. The first-order valence-electron chi connectivity index (χ1n) is 12.7. The molecule has 7 heteroatoms. The van der Waals surface area contributed by atoms with Gasteiger partial charge in [0, 0.05) is 36.7 Å². The van der Waals surface area contributed by atoms with Crippen molar-refractivity contribution in [2.75, 3.05) is 26.8 Å². The number of piperidine rings is 1. The molecule has 1 aliphatic heterocycles. The molecule has 1 unspecified atom stereocenters. The smallest absolute Gasteiger partial charge is 0.410 e. The lowest BCUT2D eigenvalue weighted by Crippen LogP contribution is -2.43. The van der Waals surface area contributed by atoms with Crippen LogP contribution < -0.4 is 5.32 Å². The van der Waals surface area contributed by atoms with E-state index in [1.54, 1.807) is 12.0 Å². The van der Waals surface area contributed by atoms with E-state index in [0.717, 1.165) is 30.4 Å². The molecule has 2 aromatic rings. The van der Waals surface area contributed by atoms with Gasteiger partial charge in [0.25, 0.3) is 5.91 Å². The summed E-state index contributed by atoms with van der Waals surface area (Å²) in [7, 11) is 1.71. The van der Waals surface area contributed by atoms with E-state index in [-0.39, 0.29) is 24.0 Å². The van der Waals surface area contributed by atoms with Crippen LogP contribution >= 0.6 is 11.6 Å². The Balaban J connectivity index is 1.63. The van der Waals surface area contributed by atoms with Crippen LogP contribution in [0.15, 0.2) is 48.5 Å². The molecule has 196 valence electrons. The molecule has 3 rings (SSSR count). The number of nitrogens with one attached hydrogen (secondary N) is 1. The fourth-order valence-corrected chi connectivity index (χ4v) is 4.86. The largest absolute Gasteiger partial charge is 0.444 e. The average Bonchev–Trinajstić information content (AvgIpc) is 2.85. The molecule has 2 atom stereocenters. The average molecular weight is 515 g/mol. The lowest BCUT2D eigenvalue weighted by Gasteiger charge is -2.36. The van der Waals surface area contributed by atoms with Crippen LogP contribution in [-0.4, -0.2) is 49.3 Å². The van der Waals surface area contributed by atoms with Gasteiger partial charge in [0.2, 0.25) is 0 Å². The first-order chi connectivity index (χ1) is 17.1. The normalized spacial score (nSPS) is 16.3. The zero-order valence-corrected chi connectivity index (χ0v) is 22.8. The lowest BCUT2D eigenvalue weighted by atomic mass is 9.80. The summed E-state index contributed by atoms with van der Waals surface area (Å²) in [5, 5.41) is 3.81. The highest BCUT2D eigenvalue weighted by Gasteiger charge is 2.31. The van der Waals surface area contributed by atoms with Crippen LogP contribution in [0.1, 0.15) is 80.4 Å². The lowest BCUT2D eigenvalue weighted by molar-refractivity contribution is 0.0159. The number of hydrogen-bond acceptors (Lipinski definition) is 4. The second kappa shape index (κ2) is 12.6. The van der Waals surface area contributed by atoms with E-state index in [0.29, 0.717) is 36.2 Å². The molecule has 0 saturated carbocycles. The molecule has 6 nitrogen and oxygen atoms in total. The van der Waals surface area contributed by atoms with E-state index in [1.807, 2.05) is 76.2 Å². The van der Waals surface area contributed by atoms with Gasteiger partial charge in [-0.25, -0.2) is 4.79 Å². The highest BCUT2D eigenvalue weighted by molar-refractivity contribution is 6.30. The van der Waals surface area contributed by atoms with E-state index < -0.39 is 5.60 Å². The second-order valence-electron chi connectivity index (χ2n) is 10.5. The first-order valence-corrected chi connectivity index (χ1v) is 13.1. The van der Waals surface area contributed by atoms with E-state index in [4.69, 9.17) is 21.1 Å². The predicted octanol–water partition coefficient (Wildman–Crippen LogP) is 6.60. The van der Waals surface area contributed by atoms with Crippen LogP contribution in [0.2, 0.25) is 5.02 Å². The number of ether oxygens (including phenoxy) is 2. The van der Waals surface area contributed by atoms with Crippen molar-refractivity contribution in [2.45, 2.75) is 64.5 Å². The molecule has 1 N–H and O–H groups in total. The van der Waals surface area contributed by atoms with Gasteiger partial charge in [0.05, 0.1) is 12.6 Å². The molecular formula is C29H39ClN2O4. The van der Waals surface area contributed by atoms with E-state index in [2.05, 4.69) is 5.32 Å². The molecule has 1 heterocycles. The maximum absolute atomic E-state index is 13.0. The number of methoxy groups -OCH3 is 1. The van der Waals surface area contributed by atoms with Crippen LogP contribution in [-0.2, 0) is 9.47 Å². The van der Waals surface area contributed by atoms with Crippen LogP contribution in [0.5, 0.6) is 0 Å². The first kappa shape index (κ1) is 28.0. The fourth-order valence-electron chi connectivity index (χ4n) is 4.73. The molecule has 0 radical (unpaired) electrons. The summed E-state index contributed by atoms with van der Waals surface area (Å²) in [5.74, 6) is 0.486. The van der Waals surface area contributed by atoms with Gasteiger partial charge >= 0.3 is 6.09 Å². The maximum Gasteiger partial charge on any atom is 0.410 e. The van der Waals surface area contributed by atoms with Gasteiger partial charge in [-0.05, 0) is 81.3 Å². The highest BCUT2D eigenvalue weighted by atomic mass is 35.5. The number of amides is 2. The quantitative estimate of drug-likeness (QED) is 0.431. The van der Waals surface area contributed by atoms with Crippen molar-refractivity contribution in [3.8, 4) is 0 Å². The number of nitrogens with zero attached hydrogens (tertiary/aromatic N) is 1. The Morgan fingerprint density at radius 3 is 2.14 bits per heavy atom. The van der Waals surface area contributed by atoms with Gasteiger partial charge in [0.1, 0.15) is 5.60 Å². The van der Waals surface area contributed by atoms with Crippen molar-refractivity contribution in [1.29, 1.82) is 0 Å². The summed E-state index contributed by atoms with van der Waals surface area (Å²) >= 11 is 6.00. The van der Waals surface area contributed by atoms with Gasteiger partial charge in [0.15, 0.2) is 0 Å². The summed E-state index contributed by atoms with van der Waals surface area (Å²) in [6.45, 7) is 9.64. The Morgan fingerprint density at radius 1 is 1.03 bits per heavy atom. The molecule has 0 aliphatic carbocycles. The van der Waals surface area contributed by atoms with Gasteiger partial charge in [-0.2, -0.15) is 0 Å². The number of carbonyl (C=O) groups is 2. The van der Waals surface area contributed by atoms with Crippen molar-refractivity contribution in [3.05, 3.63) is 70.2 Å². The third kappa shape index (κ3) is 7.71. The van der Waals surface area contributed by atoms with Crippen molar-refractivity contribution < 1.29 is 19.1 Å². The molecule has 0 bridgehead atoms. The Hall–Kier alpha value is -2.57. The van der Waals surface area contributed by atoms with E-state index in [9.17, 15) is 9.59 Å². The van der Waals surface area contributed by atoms with E-state index >= 15 is 0 Å². The van der Waals surface area contributed by atoms with Crippen LogP contribution in [0, 0.1) is 5.92 Å². The second-order valence-corrected chi connectivity index (χ2v) is 10.9. The zero-order valence-electron chi connectivity index (χ0n) is 22.1. The minimum Gasteiger partial charge on any atom is -0.444 e. The van der Waals surface area contributed by atoms with Crippen molar-refractivity contribution >= 4 is 23.6 Å². The van der Waals surface area contributed by atoms with Crippen molar-refractivity contribution in [2.24, 2.45) is 5.92 Å². The molecule has 36 heavy (non-hydrogen) atoms. The molecule has 0 spiro atoms. The Bertz CT molecular complexity index is 993. The minimum atomic E-state index is -0.494. The van der Waals surface area contributed by atoms with Crippen molar-refractivity contribution in [3.63, 3.8) is 0 Å². The minimum absolute atomic E-state index is 0.0779. The van der Waals surface area contributed by atoms with Gasteiger partial charge in [-0.1, -0.05) is 42.8 Å². The summed E-state index contributed by atoms with van der Waals surface area (Å²) < 4.78 is 11.1. The third-order valence-corrected chi connectivity index (χ3v) is 6.95. The summed E-state index contributed by atoms with van der Waals surface area (Å²) in [5.41, 5.74) is 2.31. The predicted molar refractivity (Wildman–Crippen MR) is 144 cm³/mol. The topological polar surface area (TPSA) is 67.9 Å². The number of likely N-dealkylation sites (tertiary alicyclic amines) is 1. The number of halogens is 1. The number of hydrogen-bond donors (Lipinski definition) is 1. The van der Waals surface area contributed by atoms with Gasteiger partial charge in [-0.15, -0.1) is 0 Å². The molecule has 1 fully saturated rings. The summed E-state index contributed by atoms with van der Waals surface area (Å²) in [6.07, 6.45) is 2.30. The number of rotatable bonds is 8. The van der Waals surface area contributed by atoms with Crippen molar-refractivity contribution in [1.82, 2.24) is 10.2 Å².